The Labute approximate surface area is 78.8 Å². The lowest BCUT2D eigenvalue weighted by molar-refractivity contribution is -0.108. The summed E-state index contributed by atoms with van der Waals surface area (Å²) < 4.78 is 0.390. The van der Waals surface area contributed by atoms with Gasteiger partial charge in [-0.15, -0.1) is 0 Å². The number of rotatable bonds is 5. The third-order valence-corrected chi connectivity index (χ3v) is 2.11. The highest BCUT2D eigenvalue weighted by Crippen LogP contribution is 2.21. The maximum atomic E-state index is 9.97. The number of alkyl halides is 2. The van der Waals surface area contributed by atoms with E-state index < -0.39 is 0 Å². The molecule has 0 rings (SSSR count). The van der Waals surface area contributed by atoms with Gasteiger partial charge in [0, 0.05) is 6.42 Å². The van der Waals surface area contributed by atoms with Crippen molar-refractivity contribution >= 4 is 38.1 Å². The van der Waals surface area contributed by atoms with Crippen LogP contribution in [-0.4, -0.2) is 10.0 Å². The van der Waals surface area contributed by atoms with Crippen molar-refractivity contribution in [1.82, 2.24) is 0 Å². The maximum absolute atomic E-state index is 9.97. The third kappa shape index (κ3) is 6.75. The van der Waals surface area contributed by atoms with Gasteiger partial charge in [0.15, 0.2) is 0 Å². The smallest absolute Gasteiger partial charge is 0.120 e. The van der Waals surface area contributed by atoms with Crippen molar-refractivity contribution in [2.75, 3.05) is 0 Å². The molecule has 0 aliphatic rings. The average molecular weight is 272 g/mol. The molecule has 0 fully saturated rings. The van der Waals surface area contributed by atoms with Gasteiger partial charge in [-0.25, -0.2) is 0 Å². The number of halogens is 2. The van der Waals surface area contributed by atoms with Gasteiger partial charge in [0.1, 0.15) is 6.29 Å². The summed E-state index contributed by atoms with van der Waals surface area (Å²) in [6.07, 6.45) is 3.74. The Hall–Kier alpha value is 0.630. The summed E-state index contributed by atoms with van der Waals surface area (Å²) in [6.45, 7) is 2.15. The SMILES string of the molecule is C[C@H](CCC=O)CC(Br)Br. The molecule has 0 aliphatic carbocycles. The van der Waals surface area contributed by atoms with Crippen molar-refractivity contribution < 1.29 is 4.79 Å². The highest BCUT2D eigenvalue weighted by atomic mass is 79.9. The van der Waals surface area contributed by atoms with Crippen LogP contribution in [0.1, 0.15) is 26.2 Å². The molecule has 0 saturated heterocycles. The largest absolute Gasteiger partial charge is 0.303 e. The molecule has 3 heteroatoms. The molecule has 1 nitrogen and oxygen atoms in total. The van der Waals surface area contributed by atoms with Crippen LogP contribution < -0.4 is 0 Å². The summed E-state index contributed by atoms with van der Waals surface area (Å²) in [5, 5.41) is 0. The number of aldehydes is 1. The lowest BCUT2D eigenvalue weighted by Crippen LogP contribution is -1.99. The van der Waals surface area contributed by atoms with Crippen molar-refractivity contribution in [3.05, 3.63) is 0 Å². The molecule has 0 N–H and O–H groups in total. The molecule has 0 aromatic carbocycles. The van der Waals surface area contributed by atoms with E-state index in [1.165, 1.54) is 0 Å². The van der Waals surface area contributed by atoms with Gasteiger partial charge in [0.2, 0.25) is 0 Å². The predicted octanol–water partition coefficient (Wildman–Crippen LogP) is 3.11. The summed E-state index contributed by atoms with van der Waals surface area (Å²) in [5.74, 6) is 0.619. The van der Waals surface area contributed by atoms with Gasteiger partial charge in [0.05, 0.1) is 3.74 Å². The Balaban J connectivity index is 3.24. The number of hydrogen-bond donors (Lipinski definition) is 0. The van der Waals surface area contributed by atoms with Crippen LogP contribution in [0.4, 0.5) is 0 Å². The topological polar surface area (TPSA) is 17.1 Å². The molecule has 0 heterocycles. The van der Waals surface area contributed by atoms with Gasteiger partial charge in [-0.05, 0) is 18.8 Å². The maximum Gasteiger partial charge on any atom is 0.120 e. The van der Waals surface area contributed by atoms with Gasteiger partial charge in [-0.3, -0.25) is 0 Å². The zero-order valence-electron chi connectivity index (χ0n) is 6.02. The average Bonchev–Trinajstić information content (AvgIpc) is 1.82. The molecule has 0 radical (unpaired) electrons. The van der Waals surface area contributed by atoms with Crippen LogP contribution >= 0.6 is 31.9 Å². The van der Waals surface area contributed by atoms with E-state index >= 15 is 0 Å². The van der Waals surface area contributed by atoms with Gasteiger partial charge in [-0.1, -0.05) is 38.8 Å². The Morgan fingerprint density at radius 1 is 1.50 bits per heavy atom. The fourth-order valence-corrected chi connectivity index (χ4v) is 2.05. The molecule has 0 aromatic heterocycles. The predicted molar refractivity (Wildman–Crippen MR) is 50.7 cm³/mol. The fourth-order valence-electron chi connectivity index (χ4n) is 0.775. The van der Waals surface area contributed by atoms with E-state index in [4.69, 9.17) is 0 Å². The first-order valence-corrected chi connectivity index (χ1v) is 5.21. The minimum atomic E-state index is 0.390. The van der Waals surface area contributed by atoms with Gasteiger partial charge in [0.25, 0.3) is 0 Å². The lowest BCUT2D eigenvalue weighted by atomic mass is 10.0. The Morgan fingerprint density at radius 2 is 2.10 bits per heavy atom. The highest BCUT2D eigenvalue weighted by molar-refractivity contribution is 9.24. The van der Waals surface area contributed by atoms with Crippen molar-refractivity contribution in [1.29, 1.82) is 0 Å². The first-order chi connectivity index (χ1) is 4.66. The van der Waals surface area contributed by atoms with Gasteiger partial charge in [-0.2, -0.15) is 0 Å². The van der Waals surface area contributed by atoms with Crippen LogP contribution in [0.15, 0.2) is 0 Å². The molecule has 0 amide bonds. The van der Waals surface area contributed by atoms with Crippen LogP contribution in [-0.2, 0) is 4.79 Å². The quantitative estimate of drug-likeness (QED) is 0.555. The number of hydrogen-bond acceptors (Lipinski definition) is 1. The van der Waals surface area contributed by atoms with Gasteiger partial charge < -0.3 is 4.79 Å². The van der Waals surface area contributed by atoms with Crippen molar-refractivity contribution in [2.24, 2.45) is 5.92 Å². The Bertz CT molecular complexity index is 93.6. The zero-order valence-corrected chi connectivity index (χ0v) is 9.19. The van der Waals surface area contributed by atoms with Crippen LogP contribution in [0, 0.1) is 5.92 Å². The summed E-state index contributed by atoms with van der Waals surface area (Å²) in [5.41, 5.74) is 0. The number of carbonyl (C=O) groups excluding carboxylic acids is 1. The molecule has 10 heavy (non-hydrogen) atoms. The van der Waals surface area contributed by atoms with Crippen LogP contribution in [0.2, 0.25) is 0 Å². The van der Waals surface area contributed by atoms with Crippen molar-refractivity contribution in [3.63, 3.8) is 0 Å². The standard InChI is InChI=1S/C7H12Br2O/c1-6(3-2-4-10)5-7(8)9/h4,6-7H,2-3,5H2,1H3/t6-/m1/s1. The van der Waals surface area contributed by atoms with E-state index in [1.54, 1.807) is 0 Å². The van der Waals surface area contributed by atoms with E-state index in [1.807, 2.05) is 0 Å². The van der Waals surface area contributed by atoms with Crippen molar-refractivity contribution in [2.45, 2.75) is 29.9 Å². The second-order valence-electron chi connectivity index (χ2n) is 2.48. The highest BCUT2D eigenvalue weighted by Gasteiger charge is 2.05. The lowest BCUT2D eigenvalue weighted by Gasteiger charge is -2.08. The molecule has 1 atom stereocenters. The molecule has 0 spiro atoms. The van der Waals surface area contributed by atoms with Crippen LogP contribution in [0.3, 0.4) is 0 Å². The van der Waals surface area contributed by atoms with Crippen LogP contribution in [0.5, 0.6) is 0 Å². The molecule has 0 aliphatic heterocycles. The zero-order chi connectivity index (χ0) is 7.98. The molecule has 60 valence electrons. The summed E-state index contributed by atoms with van der Waals surface area (Å²) in [7, 11) is 0. The molecule has 0 saturated carbocycles. The second-order valence-corrected chi connectivity index (χ2v) is 5.92. The van der Waals surface area contributed by atoms with E-state index in [0.29, 0.717) is 16.1 Å². The number of carbonyl (C=O) groups is 1. The third-order valence-electron chi connectivity index (χ3n) is 1.36. The molecule has 0 unspecified atom stereocenters. The minimum Gasteiger partial charge on any atom is -0.303 e. The minimum absolute atomic E-state index is 0.390. The molecule has 0 aromatic rings. The van der Waals surface area contributed by atoms with E-state index in [2.05, 4.69) is 38.8 Å². The Kier molecular flexibility index (Phi) is 6.75. The normalized spacial score (nSPS) is 13.6. The first-order valence-electron chi connectivity index (χ1n) is 3.38. The summed E-state index contributed by atoms with van der Waals surface area (Å²) in [4.78, 5) is 9.97. The van der Waals surface area contributed by atoms with Crippen LogP contribution in [0.25, 0.3) is 0 Å². The second kappa shape index (κ2) is 6.35. The van der Waals surface area contributed by atoms with Crippen molar-refractivity contribution in [3.8, 4) is 0 Å². The Morgan fingerprint density at radius 3 is 2.50 bits per heavy atom. The summed E-state index contributed by atoms with van der Waals surface area (Å²) in [6, 6.07) is 0. The van der Waals surface area contributed by atoms with E-state index in [9.17, 15) is 4.79 Å². The van der Waals surface area contributed by atoms with E-state index in [0.717, 1.165) is 19.1 Å². The van der Waals surface area contributed by atoms with E-state index in [-0.39, 0.29) is 0 Å². The fraction of sp³-hybridized carbons (Fsp3) is 0.857. The molecular weight excluding hydrogens is 260 g/mol. The first kappa shape index (κ1) is 10.6. The molecule has 0 bridgehead atoms. The summed E-state index contributed by atoms with van der Waals surface area (Å²) >= 11 is 6.79. The van der Waals surface area contributed by atoms with Gasteiger partial charge >= 0.3 is 0 Å². The monoisotopic (exact) mass is 270 g/mol. The molecular formula is C7H12Br2O.